The molecule has 0 aliphatic carbocycles. The van der Waals surface area contributed by atoms with Gasteiger partial charge < -0.3 is 0 Å². The van der Waals surface area contributed by atoms with Crippen molar-refractivity contribution in [3.63, 3.8) is 0 Å². The first-order chi connectivity index (χ1) is 16.7. The van der Waals surface area contributed by atoms with Gasteiger partial charge in [-0.3, -0.25) is 4.68 Å². The summed E-state index contributed by atoms with van der Waals surface area (Å²) in [4.78, 5) is 8.42. The largest absolute Gasteiger partial charge is 0.416 e. The highest BCUT2D eigenvalue weighted by Gasteiger charge is 2.31. The lowest BCUT2D eigenvalue weighted by atomic mass is 10.1. The Bertz CT molecular complexity index is 1500. The molecule has 0 atom stereocenters. The summed E-state index contributed by atoms with van der Waals surface area (Å²) < 4.78 is 81.5. The number of benzene rings is 2. The molecular formula is C23H12F6N6. The van der Waals surface area contributed by atoms with E-state index in [1.807, 2.05) is 0 Å². The lowest BCUT2D eigenvalue weighted by molar-refractivity contribution is -0.137. The number of hydrogen-bond donors (Lipinski definition) is 0. The van der Waals surface area contributed by atoms with Crippen LogP contribution in [0.15, 0.2) is 60.9 Å². The molecule has 0 spiro atoms. The molecule has 2 aliphatic heterocycles. The molecule has 0 saturated carbocycles. The fourth-order valence-electron chi connectivity index (χ4n) is 3.40. The Balaban J connectivity index is 1.37. The maximum Gasteiger partial charge on any atom is 0.416 e. The van der Waals surface area contributed by atoms with Gasteiger partial charge in [0.2, 0.25) is 0 Å². The van der Waals surface area contributed by atoms with Crippen molar-refractivity contribution in [2.45, 2.75) is 12.7 Å². The number of fused-ring (bicyclic) bond motifs is 1. The molecule has 6 nitrogen and oxygen atoms in total. The van der Waals surface area contributed by atoms with E-state index in [0.717, 1.165) is 18.2 Å². The van der Waals surface area contributed by atoms with E-state index in [-0.39, 0.29) is 29.2 Å². The van der Waals surface area contributed by atoms with Crippen molar-refractivity contribution in [3.05, 3.63) is 89.6 Å². The highest BCUT2D eigenvalue weighted by molar-refractivity contribution is 5.65. The van der Waals surface area contributed by atoms with E-state index in [0.29, 0.717) is 23.1 Å². The van der Waals surface area contributed by atoms with E-state index in [9.17, 15) is 26.3 Å². The van der Waals surface area contributed by atoms with Gasteiger partial charge >= 0.3 is 6.18 Å². The van der Waals surface area contributed by atoms with Gasteiger partial charge in [0.1, 0.15) is 17.2 Å². The first kappa shape index (κ1) is 22.4. The van der Waals surface area contributed by atoms with Crippen LogP contribution < -0.4 is 0 Å². The zero-order valence-electron chi connectivity index (χ0n) is 17.4. The number of hydrogen-bond acceptors (Lipinski definition) is 5. The fourth-order valence-corrected chi connectivity index (χ4v) is 3.40. The van der Waals surface area contributed by atoms with Gasteiger partial charge in [-0.1, -0.05) is 6.07 Å². The first-order valence-electron chi connectivity index (χ1n) is 10.0. The molecular weight excluding hydrogens is 474 g/mol. The van der Waals surface area contributed by atoms with Gasteiger partial charge in [-0.25, -0.2) is 23.1 Å². The fraction of sp³-hybridized carbons (Fsp3) is 0.0870. The monoisotopic (exact) mass is 486 g/mol. The molecule has 0 saturated heterocycles. The van der Waals surface area contributed by atoms with E-state index >= 15 is 0 Å². The predicted octanol–water partition coefficient (Wildman–Crippen LogP) is 5.39. The molecule has 176 valence electrons. The molecule has 12 heteroatoms. The molecule has 0 N–H and O–H groups in total. The van der Waals surface area contributed by atoms with Gasteiger partial charge in [0, 0.05) is 5.56 Å². The highest BCUT2D eigenvalue weighted by Crippen LogP contribution is 2.32. The smallest absolute Gasteiger partial charge is 0.264 e. The van der Waals surface area contributed by atoms with Crippen molar-refractivity contribution in [1.29, 1.82) is 0 Å². The molecule has 2 aromatic carbocycles. The molecule has 2 aliphatic rings. The van der Waals surface area contributed by atoms with Crippen molar-refractivity contribution < 1.29 is 26.3 Å². The second kappa shape index (κ2) is 8.46. The van der Waals surface area contributed by atoms with Crippen molar-refractivity contribution >= 4 is 0 Å². The van der Waals surface area contributed by atoms with Gasteiger partial charge in [0.25, 0.3) is 0 Å². The van der Waals surface area contributed by atoms with Crippen molar-refractivity contribution in [2.24, 2.45) is 0 Å². The van der Waals surface area contributed by atoms with Crippen LogP contribution in [0, 0.1) is 17.5 Å². The molecule has 0 amide bonds. The molecule has 0 fully saturated rings. The Labute approximate surface area is 193 Å². The van der Waals surface area contributed by atoms with Crippen molar-refractivity contribution in [1.82, 2.24) is 29.9 Å². The third-order valence-electron chi connectivity index (χ3n) is 5.12. The van der Waals surface area contributed by atoms with Gasteiger partial charge in [0.05, 0.1) is 41.5 Å². The Morgan fingerprint density at radius 3 is 2.29 bits per heavy atom. The minimum Gasteiger partial charge on any atom is -0.264 e. The summed E-state index contributed by atoms with van der Waals surface area (Å²) in [5.74, 6) is -3.12. The number of alkyl halides is 3. The average molecular weight is 486 g/mol. The number of aromatic nitrogens is 6. The van der Waals surface area contributed by atoms with E-state index in [2.05, 4.69) is 25.3 Å². The van der Waals surface area contributed by atoms with E-state index < -0.39 is 29.2 Å². The zero-order valence-corrected chi connectivity index (χ0v) is 17.4. The minimum absolute atomic E-state index is 0.0132. The predicted molar refractivity (Wildman–Crippen MR) is 111 cm³/mol. The maximum atomic E-state index is 14.2. The normalized spacial score (nSPS) is 11.8. The lowest BCUT2D eigenvalue weighted by Crippen LogP contribution is -2.08. The van der Waals surface area contributed by atoms with Gasteiger partial charge in [-0.05, 0) is 42.5 Å². The summed E-state index contributed by atoms with van der Waals surface area (Å²) >= 11 is 0. The van der Waals surface area contributed by atoms with E-state index in [4.69, 9.17) is 0 Å². The molecule has 3 heterocycles. The lowest BCUT2D eigenvalue weighted by Gasteiger charge is -2.09. The van der Waals surface area contributed by atoms with Gasteiger partial charge in [-0.15, -0.1) is 0 Å². The third-order valence-corrected chi connectivity index (χ3v) is 5.12. The quantitative estimate of drug-likeness (QED) is 0.319. The number of rotatable bonds is 4. The maximum absolute atomic E-state index is 14.2. The van der Waals surface area contributed by atoms with Crippen LogP contribution in [0.3, 0.4) is 0 Å². The summed E-state index contributed by atoms with van der Waals surface area (Å²) in [6.45, 7) is 0.134. The van der Waals surface area contributed by atoms with Gasteiger partial charge in [-0.2, -0.15) is 28.5 Å². The molecule has 35 heavy (non-hydrogen) atoms. The summed E-state index contributed by atoms with van der Waals surface area (Å²) in [5, 5.41) is 12.1. The van der Waals surface area contributed by atoms with Crippen LogP contribution in [0.25, 0.3) is 34.0 Å². The molecule has 0 bridgehead atoms. The van der Waals surface area contributed by atoms with E-state index in [1.54, 1.807) is 0 Å². The Hall–Kier alpha value is -4.35. The molecule has 5 rings (SSSR count). The summed E-state index contributed by atoms with van der Waals surface area (Å²) in [5.41, 5.74) is -0.0432. The van der Waals surface area contributed by atoms with Crippen LogP contribution >= 0.6 is 0 Å². The standard InChI is InChI=1S/C23H12F6N6/c24-16-3-1-2-15(21(16)26)22-31-19-9-30-35(11-20(19)32-22)10-13-5-7-18(34-33-13)14-6-4-12(8-17(14)25)23(27,28)29/h1-9,11H,10H2. The molecule has 0 unspecified atom stereocenters. The second-order valence-corrected chi connectivity index (χ2v) is 7.49. The summed E-state index contributed by atoms with van der Waals surface area (Å²) in [7, 11) is 0. The Kier molecular flexibility index (Phi) is 5.42. The molecule has 0 radical (unpaired) electrons. The summed E-state index contributed by atoms with van der Waals surface area (Å²) in [6, 6.07) is 8.85. The van der Waals surface area contributed by atoms with Gasteiger partial charge in [0.15, 0.2) is 17.5 Å². The minimum atomic E-state index is -4.65. The molecule has 1 aromatic heterocycles. The van der Waals surface area contributed by atoms with Crippen LogP contribution in [0.5, 0.6) is 0 Å². The third kappa shape index (κ3) is 4.42. The molecule has 3 aromatic rings. The highest BCUT2D eigenvalue weighted by atomic mass is 19.4. The average Bonchev–Trinajstić information content (AvgIpc) is 3.24. The van der Waals surface area contributed by atoms with Crippen LogP contribution in [-0.4, -0.2) is 29.9 Å². The van der Waals surface area contributed by atoms with Crippen LogP contribution in [0.4, 0.5) is 26.3 Å². The zero-order chi connectivity index (χ0) is 24.7. The second-order valence-electron chi connectivity index (χ2n) is 7.49. The van der Waals surface area contributed by atoms with Crippen LogP contribution in [0.2, 0.25) is 0 Å². The van der Waals surface area contributed by atoms with Crippen LogP contribution in [0.1, 0.15) is 11.3 Å². The summed E-state index contributed by atoms with van der Waals surface area (Å²) in [6.07, 6.45) is -1.71. The Morgan fingerprint density at radius 2 is 1.57 bits per heavy atom. The first-order valence-corrected chi connectivity index (χ1v) is 10.0. The van der Waals surface area contributed by atoms with E-state index in [1.165, 1.54) is 41.3 Å². The SMILES string of the molecule is Fc1cc(C(F)(F)F)ccc1-c1ccc(Cn2cc3nc(-c4cccc(F)c4F)nc-3cn2)nn1. The van der Waals surface area contributed by atoms with Crippen molar-refractivity contribution in [3.8, 4) is 34.0 Å². The number of nitrogens with zero attached hydrogens (tertiary/aromatic N) is 6. The number of halogens is 6. The van der Waals surface area contributed by atoms with Crippen molar-refractivity contribution in [2.75, 3.05) is 0 Å². The number of imidazole rings is 1. The van der Waals surface area contributed by atoms with Crippen LogP contribution in [-0.2, 0) is 12.7 Å². The Morgan fingerprint density at radius 1 is 0.771 bits per heavy atom. The topological polar surface area (TPSA) is 69.4 Å².